The number of thiophene rings is 1. The van der Waals surface area contributed by atoms with E-state index in [-0.39, 0.29) is 29.7 Å². The van der Waals surface area contributed by atoms with Crippen LogP contribution in [0.1, 0.15) is 36.1 Å². The van der Waals surface area contributed by atoms with Crippen molar-refractivity contribution in [3.8, 4) is 0 Å². The second kappa shape index (κ2) is 10.00. The van der Waals surface area contributed by atoms with E-state index >= 15 is 0 Å². The smallest absolute Gasteiger partial charge is 0.240 e. The van der Waals surface area contributed by atoms with E-state index < -0.39 is 10.0 Å². The maximum Gasteiger partial charge on any atom is 0.240 e. The fourth-order valence-corrected chi connectivity index (χ4v) is 4.96. The van der Waals surface area contributed by atoms with Crippen molar-refractivity contribution in [1.29, 1.82) is 0 Å². The van der Waals surface area contributed by atoms with E-state index in [2.05, 4.69) is 15.4 Å². The molecule has 0 radical (unpaired) electrons. The van der Waals surface area contributed by atoms with E-state index in [1.165, 1.54) is 10.9 Å². The van der Waals surface area contributed by atoms with Crippen molar-refractivity contribution in [3.05, 3.63) is 46.2 Å². The monoisotopic (exact) mass is 435 g/mol. The van der Waals surface area contributed by atoms with Crippen molar-refractivity contribution in [1.82, 2.24) is 10.0 Å². The summed E-state index contributed by atoms with van der Waals surface area (Å²) in [5, 5.41) is 7.65. The van der Waals surface area contributed by atoms with Gasteiger partial charge in [-0.15, -0.1) is 11.3 Å². The van der Waals surface area contributed by atoms with E-state index in [4.69, 9.17) is 0 Å². The zero-order valence-electron chi connectivity index (χ0n) is 16.1. The maximum atomic E-state index is 12.5. The lowest BCUT2D eigenvalue weighted by Crippen LogP contribution is -2.28. The summed E-state index contributed by atoms with van der Waals surface area (Å²) in [5.41, 5.74) is 1.49. The molecular weight excluding hydrogens is 410 g/mol. The summed E-state index contributed by atoms with van der Waals surface area (Å²) < 4.78 is 27.6. The number of rotatable bonds is 9. The van der Waals surface area contributed by atoms with Crippen LogP contribution in [-0.2, 0) is 32.5 Å². The second-order valence-electron chi connectivity index (χ2n) is 6.90. The first-order valence-electron chi connectivity index (χ1n) is 9.65. The molecule has 1 aromatic carbocycles. The molecule has 0 bridgehead atoms. The predicted molar refractivity (Wildman–Crippen MR) is 113 cm³/mol. The third-order valence-corrected chi connectivity index (χ3v) is 7.05. The van der Waals surface area contributed by atoms with Crippen LogP contribution >= 0.6 is 11.3 Å². The molecule has 1 aromatic heterocycles. The normalized spacial score (nSPS) is 14.0. The highest BCUT2D eigenvalue weighted by Gasteiger charge is 2.18. The maximum absolute atomic E-state index is 12.5. The van der Waals surface area contributed by atoms with E-state index in [0.717, 1.165) is 12.0 Å². The zero-order valence-corrected chi connectivity index (χ0v) is 17.7. The molecule has 1 aliphatic heterocycles. The lowest BCUT2D eigenvalue weighted by atomic mass is 10.1. The molecule has 2 amide bonds. The third-order valence-electron chi connectivity index (χ3n) is 4.66. The van der Waals surface area contributed by atoms with Crippen molar-refractivity contribution in [3.63, 3.8) is 0 Å². The molecule has 3 rings (SSSR count). The van der Waals surface area contributed by atoms with Crippen LogP contribution in [0.3, 0.4) is 0 Å². The largest absolute Gasteiger partial charge is 0.356 e. The van der Waals surface area contributed by atoms with Gasteiger partial charge in [0.15, 0.2) is 0 Å². The Hall–Kier alpha value is -2.23. The molecule has 0 aliphatic carbocycles. The number of hydrogen-bond acceptors (Lipinski definition) is 5. The van der Waals surface area contributed by atoms with Crippen LogP contribution in [0.4, 0.5) is 5.69 Å². The van der Waals surface area contributed by atoms with Gasteiger partial charge in [-0.05, 0) is 60.9 Å². The number of nitrogens with one attached hydrogen (secondary N) is 3. The van der Waals surface area contributed by atoms with Crippen LogP contribution in [0.25, 0.3) is 0 Å². The van der Waals surface area contributed by atoms with Crippen molar-refractivity contribution < 1.29 is 18.0 Å². The molecule has 0 atom stereocenters. The fourth-order valence-electron chi connectivity index (χ4n) is 3.13. The van der Waals surface area contributed by atoms with Gasteiger partial charge in [0, 0.05) is 36.5 Å². The van der Waals surface area contributed by atoms with Crippen molar-refractivity contribution in [2.75, 3.05) is 18.4 Å². The summed E-state index contributed by atoms with van der Waals surface area (Å²) in [6.45, 7) is 0.769. The Morgan fingerprint density at radius 2 is 2.03 bits per heavy atom. The number of fused-ring (bicyclic) bond motifs is 1. The first-order valence-corrected chi connectivity index (χ1v) is 12.0. The molecule has 0 saturated carbocycles. The second-order valence-corrected chi connectivity index (χ2v) is 9.70. The van der Waals surface area contributed by atoms with Gasteiger partial charge >= 0.3 is 0 Å². The minimum atomic E-state index is -3.66. The van der Waals surface area contributed by atoms with Gasteiger partial charge in [0.05, 0.1) is 4.90 Å². The standard InChI is InChI=1S/C20H25N3O4S2/c24-19(21-12-10-16-5-3-13-28-16)7-2-11-22-29(26,27)17-8-9-18-15(14-17)4-1-6-20(25)23-18/h3,5,8-9,13-14,22H,1-2,4,6-7,10-12H2,(H,21,24)(H,23,25). The highest BCUT2D eigenvalue weighted by atomic mass is 32.2. The average Bonchev–Trinajstić information content (AvgIpc) is 3.12. The third kappa shape index (κ3) is 6.38. The molecule has 29 heavy (non-hydrogen) atoms. The van der Waals surface area contributed by atoms with Crippen molar-refractivity contribution in [2.45, 2.75) is 43.4 Å². The van der Waals surface area contributed by atoms with Crippen LogP contribution in [0.5, 0.6) is 0 Å². The summed E-state index contributed by atoms with van der Waals surface area (Å²) in [6, 6.07) is 8.74. The summed E-state index contributed by atoms with van der Waals surface area (Å²) in [6.07, 6.45) is 3.27. The number of aryl methyl sites for hydroxylation is 1. The van der Waals surface area contributed by atoms with Crippen molar-refractivity contribution >= 4 is 38.9 Å². The SMILES string of the molecule is O=C(CCCNS(=O)(=O)c1ccc2c(c1)CCCC(=O)N2)NCCc1cccs1. The topological polar surface area (TPSA) is 104 Å². The highest BCUT2D eigenvalue weighted by Crippen LogP contribution is 2.25. The Morgan fingerprint density at radius 1 is 1.17 bits per heavy atom. The van der Waals surface area contributed by atoms with Gasteiger partial charge in [-0.1, -0.05) is 6.07 Å². The van der Waals surface area contributed by atoms with E-state index in [0.29, 0.717) is 37.9 Å². The number of sulfonamides is 1. The molecule has 9 heteroatoms. The van der Waals surface area contributed by atoms with E-state index in [9.17, 15) is 18.0 Å². The molecule has 0 saturated heterocycles. The van der Waals surface area contributed by atoms with Gasteiger partial charge < -0.3 is 10.6 Å². The molecule has 156 valence electrons. The van der Waals surface area contributed by atoms with Crippen LogP contribution in [0, 0.1) is 0 Å². The summed E-state index contributed by atoms with van der Waals surface area (Å²) in [7, 11) is -3.66. The van der Waals surface area contributed by atoms with Gasteiger partial charge in [0.25, 0.3) is 0 Å². The lowest BCUT2D eigenvalue weighted by molar-refractivity contribution is -0.121. The number of anilines is 1. The van der Waals surface area contributed by atoms with Gasteiger partial charge in [0.2, 0.25) is 21.8 Å². The molecule has 7 nitrogen and oxygen atoms in total. The number of benzene rings is 1. The molecular formula is C20H25N3O4S2. The molecule has 3 N–H and O–H groups in total. The minimum absolute atomic E-state index is 0.0499. The Balaban J connectivity index is 1.43. The van der Waals surface area contributed by atoms with Crippen LogP contribution in [0.15, 0.2) is 40.6 Å². The van der Waals surface area contributed by atoms with Gasteiger partial charge in [-0.2, -0.15) is 0 Å². The van der Waals surface area contributed by atoms with E-state index in [1.807, 2.05) is 17.5 Å². The summed E-state index contributed by atoms with van der Waals surface area (Å²) in [5.74, 6) is -0.132. The predicted octanol–water partition coefficient (Wildman–Crippen LogP) is 2.44. The average molecular weight is 436 g/mol. The molecule has 2 heterocycles. The Kier molecular flexibility index (Phi) is 7.40. The first kappa shape index (κ1) is 21.5. The van der Waals surface area contributed by atoms with Gasteiger partial charge in [-0.25, -0.2) is 13.1 Å². The molecule has 2 aromatic rings. The van der Waals surface area contributed by atoms with Crippen LogP contribution < -0.4 is 15.4 Å². The Bertz CT molecular complexity index is 956. The minimum Gasteiger partial charge on any atom is -0.356 e. The Labute approximate surface area is 175 Å². The van der Waals surface area contributed by atoms with Gasteiger partial charge in [0.1, 0.15) is 0 Å². The molecule has 0 spiro atoms. The van der Waals surface area contributed by atoms with Crippen molar-refractivity contribution in [2.24, 2.45) is 0 Å². The summed E-state index contributed by atoms with van der Waals surface area (Å²) in [4.78, 5) is 24.9. The summed E-state index contributed by atoms with van der Waals surface area (Å²) >= 11 is 1.66. The van der Waals surface area contributed by atoms with E-state index in [1.54, 1.807) is 23.5 Å². The first-order chi connectivity index (χ1) is 13.9. The number of amides is 2. The van der Waals surface area contributed by atoms with Gasteiger partial charge in [-0.3, -0.25) is 9.59 Å². The lowest BCUT2D eigenvalue weighted by Gasteiger charge is -2.11. The number of carbonyl (C=O) groups is 2. The van der Waals surface area contributed by atoms with Crippen LogP contribution in [0.2, 0.25) is 0 Å². The highest BCUT2D eigenvalue weighted by molar-refractivity contribution is 7.89. The quantitative estimate of drug-likeness (QED) is 0.526. The molecule has 1 aliphatic rings. The number of hydrogen-bond donors (Lipinski definition) is 3. The zero-order chi connectivity index (χ0) is 20.7. The fraction of sp³-hybridized carbons (Fsp3) is 0.400. The number of carbonyl (C=O) groups excluding carboxylic acids is 2. The van der Waals surface area contributed by atoms with Crippen LogP contribution in [-0.4, -0.2) is 33.3 Å². The Morgan fingerprint density at radius 3 is 2.83 bits per heavy atom. The molecule has 0 fully saturated rings. The molecule has 0 unspecified atom stereocenters.